The van der Waals surface area contributed by atoms with E-state index in [-0.39, 0.29) is 0 Å². The highest BCUT2D eigenvalue weighted by atomic mass is 16.3. The molecule has 4 nitrogen and oxygen atoms in total. The van der Waals surface area contributed by atoms with Crippen LogP contribution in [0.5, 0.6) is 0 Å². The zero-order valence-corrected chi connectivity index (χ0v) is 11.8. The summed E-state index contributed by atoms with van der Waals surface area (Å²) in [4.78, 5) is 4.24. The van der Waals surface area contributed by atoms with Crippen molar-refractivity contribution in [2.75, 3.05) is 0 Å². The Labute approximate surface area is 114 Å². The monoisotopic (exact) mass is 259 g/mol. The molecule has 0 amide bonds. The van der Waals surface area contributed by atoms with Crippen molar-refractivity contribution in [2.45, 2.75) is 46.3 Å². The Morgan fingerprint density at radius 1 is 1.32 bits per heavy atom. The number of aliphatic hydroxyl groups is 1. The van der Waals surface area contributed by atoms with Crippen LogP contribution in [0.3, 0.4) is 0 Å². The Bertz CT molecular complexity index is 548. The van der Waals surface area contributed by atoms with E-state index >= 15 is 0 Å². The number of aryl methyl sites for hydroxylation is 2. The summed E-state index contributed by atoms with van der Waals surface area (Å²) in [5, 5.41) is 14.6. The van der Waals surface area contributed by atoms with Gasteiger partial charge in [-0.15, -0.1) is 0 Å². The van der Waals surface area contributed by atoms with Crippen LogP contribution in [0.25, 0.3) is 0 Å². The van der Waals surface area contributed by atoms with Gasteiger partial charge in [0.05, 0.1) is 6.10 Å². The van der Waals surface area contributed by atoms with Gasteiger partial charge in [0.1, 0.15) is 12.2 Å². The molecule has 2 rings (SSSR count). The van der Waals surface area contributed by atoms with Gasteiger partial charge in [0, 0.05) is 13.0 Å². The molecule has 0 fully saturated rings. The van der Waals surface area contributed by atoms with Crippen molar-refractivity contribution >= 4 is 0 Å². The molecular formula is C15H21N3O. The van der Waals surface area contributed by atoms with Crippen LogP contribution in [-0.4, -0.2) is 19.9 Å². The summed E-state index contributed by atoms with van der Waals surface area (Å²) in [5.74, 6) is 0.843. The lowest BCUT2D eigenvalue weighted by molar-refractivity contribution is 0.173. The minimum Gasteiger partial charge on any atom is -0.388 e. The van der Waals surface area contributed by atoms with Crippen molar-refractivity contribution in [3.8, 4) is 0 Å². The van der Waals surface area contributed by atoms with Gasteiger partial charge in [-0.2, -0.15) is 5.10 Å². The predicted octanol–water partition coefficient (Wildman–Crippen LogP) is 2.58. The Morgan fingerprint density at radius 3 is 2.84 bits per heavy atom. The summed E-state index contributed by atoms with van der Waals surface area (Å²) in [6.07, 6.45) is 2.54. The molecule has 1 unspecified atom stereocenters. The van der Waals surface area contributed by atoms with Gasteiger partial charge in [-0.25, -0.2) is 4.98 Å². The molecule has 4 heteroatoms. The highest BCUT2D eigenvalue weighted by Crippen LogP contribution is 2.23. The van der Waals surface area contributed by atoms with E-state index in [0.29, 0.717) is 6.42 Å². The van der Waals surface area contributed by atoms with Crippen LogP contribution in [0.1, 0.15) is 42.0 Å². The second-order valence-electron chi connectivity index (χ2n) is 4.91. The maximum atomic E-state index is 10.4. The standard InChI is InChI=1S/C15H21N3O/c1-4-8-18-15(16-10-17-18)9-14(19)13-7-5-6-11(2)12(13)3/h5-7,10,14,19H,4,8-9H2,1-3H3. The molecule has 0 aliphatic heterocycles. The fraction of sp³-hybridized carbons (Fsp3) is 0.467. The van der Waals surface area contributed by atoms with Crippen molar-refractivity contribution in [2.24, 2.45) is 0 Å². The highest BCUT2D eigenvalue weighted by molar-refractivity contribution is 5.34. The normalized spacial score (nSPS) is 12.6. The molecule has 102 valence electrons. The maximum absolute atomic E-state index is 10.4. The zero-order valence-electron chi connectivity index (χ0n) is 11.8. The number of aromatic nitrogens is 3. The lowest BCUT2D eigenvalue weighted by Gasteiger charge is -2.15. The molecule has 0 aliphatic rings. The van der Waals surface area contributed by atoms with Crippen molar-refractivity contribution < 1.29 is 5.11 Å². The Morgan fingerprint density at radius 2 is 2.11 bits per heavy atom. The number of aliphatic hydroxyl groups excluding tert-OH is 1. The molecule has 0 bridgehead atoms. The van der Waals surface area contributed by atoms with Crippen LogP contribution in [-0.2, 0) is 13.0 Å². The average molecular weight is 259 g/mol. The fourth-order valence-electron chi connectivity index (χ4n) is 2.26. The van der Waals surface area contributed by atoms with Gasteiger partial charge in [-0.05, 0) is 37.0 Å². The second-order valence-corrected chi connectivity index (χ2v) is 4.91. The molecule has 1 heterocycles. The molecule has 0 spiro atoms. The number of benzene rings is 1. The molecule has 0 aliphatic carbocycles. The second kappa shape index (κ2) is 5.97. The van der Waals surface area contributed by atoms with E-state index in [0.717, 1.165) is 29.9 Å². The SMILES string of the molecule is CCCn1ncnc1CC(O)c1cccc(C)c1C. The first-order valence-corrected chi connectivity index (χ1v) is 6.74. The third-order valence-electron chi connectivity index (χ3n) is 3.51. The molecule has 19 heavy (non-hydrogen) atoms. The molecule has 0 radical (unpaired) electrons. The van der Waals surface area contributed by atoms with E-state index in [1.54, 1.807) is 6.33 Å². The number of hydrogen-bond donors (Lipinski definition) is 1. The quantitative estimate of drug-likeness (QED) is 0.898. The average Bonchev–Trinajstić information content (AvgIpc) is 2.80. The molecule has 1 aromatic carbocycles. The summed E-state index contributed by atoms with van der Waals surface area (Å²) < 4.78 is 1.87. The van der Waals surface area contributed by atoms with E-state index in [1.165, 1.54) is 5.56 Å². The van der Waals surface area contributed by atoms with Crippen LogP contribution in [0.2, 0.25) is 0 Å². The van der Waals surface area contributed by atoms with Crippen LogP contribution < -0.4 is 0 Å². The van der Waals surface area contributed by atoms with Crippen LogP contribution in [0.4, 0.5) is 0 Å². The van der Waals surface area contributed by atoms with E-state index < -0.39 is 6.10 Å². The zero-order chi connectivity index (χ0) is 13.8. The van der Waals surface area contributed by atoms with Gasteiger partial charge in [0.25, 0.3) is 0 Å². The maximum Gasteiger partial charge on any atom is 0.138 e. The highest BCUT2D eigenvalue weighted by Gasteiger charge is 2.15. The van der Waals surface area contributed by atoms with E-state index in [9.17, 15) is 5.11 Å². The molecule has 2 aromatic rings. The first-order chi connectivity index (χ1) is 9.13. The third-order valence-corrected chi connectivity index (χ3v) is 3.51. The molecule has 0 saturated carbocycles. The van der Waals surface area contributed by atoms with Gasteiger partial charge in [0.2, 0.25) is 0 Å². The summed E-state index contributed by atoms with van der Waals surface area (Å²) in [6.45, 7) is 7.05. The minimum atomic E-state index is -0.528. The first kappa shape index (κ1) is 13.7. The van der Waals surface area contributed by atoms with Gasteiger partial charge in [-0.1, -0.05) is 25.1 Å². The van der Waals surface area contributed by atoms with E-state index in [2.05, 4.69) is 30.0 Å². The molecule has 1 atom stereocenters. The largest absolute Gasteiger partial charge is 0.388 e. The predicted molar refractivity (Wildman–Crippen MR) is 74.9 cm³/mol. The lowest BCUT2D eigenvalue weighted by Crippen LogP contribution is -2.11. The molecular weight excluding hydrogens is 238 g/mol. The van der Waals surface area contributed by atoms with Crippen LogP contribution in [0.15, 0.2) is 24.5 Å². The number of rotatable bonds is 5. The Hall–Kier alpha value is -1.68. The Kier molecular flexibility index (Phi) is 4.32. The van der Waals surface area contributed by atoms with Crippen molar-refractivity contribution in [1.82, 2.24) is 14.8 Å². The van der Waals surface area contributed by atoms with E-state index in [1.807, 2.05) is 23.7 Å². The smallest absolute Gasteiger partial charge is 0.138 e. The van der Waals surface area contributed by atoms with Crippen LogP contribution in [0, 0.1) is 13.8 Å². The van der Waals surface area contributed by atoms with Crippen molar-refractivity contribution in [1.29, 1.82) is 0 Å². The molecule has 1 aromatic heterocycles. The number of hydrogen-bond acceptors (Lipinski definition) is 3. The first-order valence-electron chi connectivity index (χ1n) is 6.74. The van der Waals surface area contributed by atoms with Gasteiger partial charge >= 0.3 is 0 Å². The Balaban J connectivity index is 2.18. The molecule has 0 saturated heterocycles. The summed E-state index contributed by atoms with van der Waals surface area (Å²) in [6, 6.07) is 6.02. The van der Waals surface area contributed by atoms with Gasteiger partial charge in [-0.3, -0.25) is 4.68 Å². The fourth-order valence-corrected chi connectivity index (χ4v) is 2.26. The summed E-state index contributed by atoms with van der Waals surface area (Å²) in [7, 11) is 0. The topological polar surface area (TPSA) is 50.9 Å². The summed E-state index contributed by atoms with van der Waals surface area (Å²) in [5.41, 5.74) is 3.33. The lowest BCUT2D eigenvalue weighted by atomic mass is 9.97. The minimum absolute atomic E-state index is 0.504. The van der Waals surface area contributed by atoms with Crippen molar-refractivity contribution in [3.63, 3.8) is 0 Å². The van der Waals surface area contributed by atoms with Crippen molar-refractivity contribution in [3.05, 3.63) is 47.0 Å². The third kappa shape index (κ3) is 3.01. The van der Waals surface area contributed by atoms with E-state index in [4.69, 9.17) is 0 Å². The van der Waals surface area contributed by atoms with Crippen LogP contribution >= 0.6 is 0 Å². The number of nitrogens with zero attached hydrogens (tertiary/aromatic N) is 3. The molecule has 1 N–H and O–H groups in total. The van der Waals surface area contributed by atoms with Gasteiger partial charge in [0.15, 0.2) is 0 Å². The summed E-state index contributed by atoms with van der Waals surface area (Å²) >= 11 is 0. The van der Waals surface area contributed by atoms with Gasteiger partial charge < -0.3 is 5.11 Å².